The van der Waals surface area contributed by atoms with Gasteiger partial charge in [0, 0.05) is 19.6 Å². The second-order valence-electron chi connectivity index (χ2n) is 6.63. The summed E-state index contributed by atoms with van der Waals surface area (Å²) >= 11 is 0. The molecule has 1 saturated heterocycles. The highest BCUT2D eigenvalue weighted by atomic mass is 32.2. The van der Waals surface area contributed by atoms with Gasteiger partial charge in [-0.3, -0.25) is 4.79 Å². The van der Waals surface area contributed by atoms with Gasteiger partial charge in [0.2, 0.25) is 15.9 Å². The third-order valence-corrected chi connectivity index (χ3v) is 6.87. The van der Waals surface area contributed by atoms with Crippen LogP contribution >= 0.6 is 0 Å². The maximum absolute atomic E-state index is 12.6. The number of benzene rings is 1. The Morgan fingerprint density at radius 1 is 1.20 bits per heavy atom. The summed E-state index contributed by atoms with van der Waals surface area (Å²) in [6, 6.07) is 6.43. The number of rotatable bonds is 7. The van der Waals surface area contributed by atoms with Crippen molar-refractivity contribution in [2.45, 2.75) is 53.0 Å². The number of hydrogen-bond donors (Lipinski definition) is 1. The van der Waals surface area contributed by atoms with Gasteiger partial charge in [0.1, 0.15) is 0 Å². The number of amides is 1. The minimum Gasteiger partial charge on any atom is -0.352 e. The van der Waals surface area contributed by atoms with Crippen molar-refractivity contribution in [3.05, 3.63) is 34.9 Å². The third kappa shape index (κ3) is 5.05. The highest BCUT2D eigenvalue weighted by Crippen LogP contribution is 2.20. The zero-order valence-corrected chi connectivity index (χ0v) is 16.4. The van der Waals surface area contributed by atoms with E-state index in [4.69, 9.17) is 0 Å². The van der Waals surface area contributed by atoms with Crippen LogP contribution in [0.15, 0.2) is 18.2 Å². The van der Waals surface area contributed by atoms with Crippen molar-refractivity contribution in [1.29, 1.82) is 0 Å². The Hall–Kier alpha value is -1.40. The SMILES string of the molecule is CCc1ccc(CC)c(CNC(=O)[C@H]2CCCN(S(=O)(=O)CC)C2)c1. The highest BCUT2D eigenvalue weighted by Gasteiger charge is 2.31. The molecule has 0 aliphatic carbocycles. The molecule has 1 aliphatic rings. The number of carbonyl (C=O) groups is 1. The fourth-order valence-corrected chi connectivity index (χ4v) is 4.51. The second kappa shape index (κ2) is 8.81. The second-order valence-corrected chi connectivity index (χ2v) is 8.88. The lowest BCUT2D eigenvalue weighted by atomic mass is 9.97. The van der Waals surface area contributed by atoms with Crippen LogP contribution in [0.25, 0.3) is 0 Å². The number of piperidine rings is 1. The van der Waals surface area contributed by atoms with E-state index in [-0.39, 0.29) is 17.6 Å². The molecular formula is C19H30N2O3S. The zero-order chi connectivity index (χ0) is 18.4. The largest absolute Gasteiger partial charge is 0.352 e. The molecule has 0 radical (unpaired) electrons. The topological polar surface area (TPSA) is 66.5 Å². The van der Waals surface area contributed by atoms with Crippen LogP contribution in [0.1, 0.15) is 50.3 Å². The summed E-state index contributed by atoms with van der Waals surface area (Å²) in [5.41, 5.74) is 3.67. The van der Waals surface area contributed by atoms with E-state index in [2.05, 4.69) is 37.4 Å². The van der Waals surface area contributed by atoms with Crippen molar-refractivity contribution >= 4 is 15.9 Å². The summed E-state index contributed by atoms with van der Waals surface area (Å²) in [6.45, 7) is 7.21. The fraction of sp³-hybridized carbons (Fsp3) is 0.632. The number of nitrogens with one attached hydrogen (secondary N) is 1. The summed E-state index contributed by atoms with van der Waals surface area (Å²) in [5, 5.41) is 3.02. The highest BCUT2D eigenvalue weighted by molar-refractivity contribution is 7.89. The van der Waals surface area contributed by atoms with E-state index in [9.17, 15) is 13.2 Å². The van der Waals surface area contributed by atoms with E-state index >= 15 is 0 Å². The van der Waals surface area contributed by atoms with Crippen molar-refractivity contribution in [2.75, 3.05) is 18.8 Å². The molecule has 1 aromatic carbocycles. The summed E-state index contributed by atoms with van der Waals surface area (Å²) in [7, 11) is -3.22. The van der Waals surface area contributed by atoms with Gasteiger partial charge in [-0.1, -0.05) is 32.0 Å². The van der Waals surface area contributed by atoms with Gasteiger partial charge >= 0.3 is 0 Å². The molecule has 0 bridgehead atoms. The van der Waals surface area contributed by atoms with Crippen LogP contribution in [0, 0.1) is 5.92 Å². The lowest BCUT2D eigenvalue weighted by Crippen LogP contribution is -2.45. The first-order valence-corrected chi connectivity index (χ1v) is 10.9. The van der Waals surface area contributed by atoms with Crippen molar-refractivity contribution in [3.63, 3.8) is 0 Å². The lowest BCUT2D eigenvalue weighted by molar-refractivity contribution is -0.126. The molecule has 140 valence electrons. The molecule has 1 heterocycles. The van der Waals surface area contributed by atoms with Crippen LogP contribution in [0.5, 0.6) is 0 Å². The van der Waals surface area contributed by atoms with Crippen LogP contribution in [0.4, 0.5) is 0 Å². The first-order valence-electron chi connectivity index (χ1n) is 9.27. The molecule has 0 unspecified atom stereocenters. The predicted octanol–water partition coefficient (Wildman–Crippen LogP) is 2.49. The lowest BCUT2D eigenvalue weighted by Gasteiger charge is -2.31. The Bertz CT molecular complexity index is 701. The van der Waals surface area contributed by atoms with Gasteiger partial charge in [0.25, 0.3) is 0 Å². The average molecular weight is 367 g/mol. The standard InChI is InChI=1S/C19H30N2O3S/c1-4-15-9-10-16(5-2)18(12-15)13-20-19(22)17-8-7-11-21(14-17)25(23,24)6-3/h9-10,12,17H,4-8,11,13-14H2,1-3H3,(H,20,22)/t17-/m0/s1. The molecule has 0 aromatic heterocycles. The quantitative estimate of drug-likeness (QED) is 0.806. The van der Waals surface area contributed by atoms with E-state index in [1.807, 2.05) is 0 Å². The fourth-order valence-electron chi connectivity index (χ4n) is 3.33. The van der Waals surface area contributed by atoms with Gasteiger partial charge in [0.15, 0.2) is 0 Å². The van der Waals surface area contributed by atoms with Crippen molar-refractivity contribution < 1.29 is 13.2 Å². The molecule has 5 nitrogen and oxygen atoms in total. The van der Waals surface area contributed by atoms with Gasteiger partial charge in [-0.25, -0.2) is 12.7 Å². The maximum atomic E-state index is 12.6. The smallest absolute Gasteiger partial charge is 0.224 e. The Kier molecular flexibility index (Phi) is 7.02. The number of hydrogen-bond acceptors (Lipinski definition) is 3. The number of carbonyl (C=O) groups excluding carboxylic acids is 1. The molecule has 0 saturated carbocycles. The number of aryl methyl sites for hydroxylation is 2. The van der Waals surface area contributed by atoms with Crippen LogP contribution in [0.3, 0.4) is 0 Å². The Balaban J connectivity index is 2.00. The Morgan fingerprint density at radius 2 is 1.96 bits per heavy atom. The van der Waals surface area contributed by atoms with Gasteiger partial charge in [0.05, 0.1) is 11.7 Å². The maximum Gasteiger partial charge on any atom is 0.224 e. The zero-order valence-electron chi connectivity index (χ0n) is 15.5. The summed E-state index contributed by atoms with van der Waals surface area (Å²) in [5.74, 6) is -0.208. The molecule has 1 fully saturated rings. The number of nitrogens with zero attached hydrogens (tertiary/aromatic N) is 1. The van der Waals surface area contributed by atoms with Crippen molar-refractivity contribution in [1.82, 2.24) is 9.62 Å². The van der Waals surface area contributed by atoms with E-state index in [0.717, 1.165) is 31.2 Å². The monoisotopic (exact) mass is 366 g/mol. The van der Waals surface area contributed by atoms with Crippen LogP contribution < -0.4 is 5.32 Å². The molecule has 1 aliphatic heterocycles. The van der Waals surface area contributed by atoms with Gasteiger partial charge in [-0.05, 0) is 49.3 Å². The first kappa shape index (κ1) is 19.9. The molecule has 25 heavy (non-hydrogen) atoms. The van der Waals surface area contributed by atoms with Crippen LogP contribution in [0.2, 0.25) is 0 Å². The number of sulfonamides is 1. The first-order chi connectivity index (χ1) is 11.9. The van der Waals surface area contributed by atoms with E-state index in [1.165, 1.54) is 15.4 Å². The Labute approximate surface area is 151 Å². The molecule has 0 spiro atoms. The summed E-state index contributed by atoms with van der Waals surface area (Å²) < 4.78 is 25.6. The van der Waals surface area contributed by atoms with Crippen LogP contribution in [-0.2, 0) is 34.2 Å². The normalized spacial score (nSPS) is 18.9. The van der Waals surface area contributed by atoms with Gasteiger partial charge in [-0.2, -0.15) is 0 Å². The van der Waals surface area contributed by atoms with Gasteiger partial charge < -0.3 is 5.32 Å². The van der Waals surface area contributed by atoms with Crippen molar-refractivity contribution in [3.8, 4) is 0 Å². The molecule has 6 heteroatoms. The predicted molar refractivity (Wildman–Crippen MR) is 101 cm³/mol. The van der Waals surface area contributed by atoms with E-state index in [1.54, 1.807) is 6.92 Å². The molecule has 1 atom stereocenters. The minimum atomic E-state index is -3.22. The average Bonchev–Trinajstić information content (AvgIpc) is 2.65. The Morgan fingerprint density at radius 3 is 2.60 bits per heavy atom. The van der Waals surface area contributed by atoms with Crippen molar-refractivity contribution in [2.24, 2.45) is 5.92 Å². The summed E-state index contributed by atoms with van der Waals surface area (Å²) in [4.78, 5) is 12.6. The molecular weight excluding hydrogens is 336 g/mol. The van der Waals surface area contributed by atoms with E-state index in [0.29, 0.717) is 19.6 Å². The minimum absolute atomic E-state index is 0.0417. The third-order valence-electron chi connectivity index (χ3n) is 5.03. The summed E-state index contributed by atoms with van der Waals surface area (Å²) in [6.07, 6.45) is 3.39. The molecule has 1 N–H and O–H groups in total. The molecule has 1 amide bonds. The van der Waals surface area contributed by atoms with Crippen LogP contribution in [-0.4, -0.2) is 37.5 Å². The van der Waals surface area contributed by atoms with Gasteiger partial charge in [-0.15, -0.1) is 0 Å². The molecule has 1 aromatic rings. The molecule has 2 rings (SSSR count). The van der Waals surface area contributed by atoms with E-state index < -0.39 is 10.0 Å².